The normalized spacial score (nSPS) is 13.9. The molecule has 1 amide bonds. The summed E-state index contributed by atoms with van der Waals surface area (Å²) in [5, 5.41) is 11.0. The van der Waals surface area contributed by atoms with E-state index in [4.69, 9.17) is 10.5 Å². The van der Waals surface area contributed by atoms with Crippen molar-refractivity contribution in [2.24, 2.45) is 10.7 Å². The van der Waals surface area contributed by atoms with Crippen LogP contribution >= 0.6 is 0 Å². The van der Waals surface area contributed by atoms with Crippen molar-refractivity contribution in [3.8, 4) is 5.75 Å². The smallest absolute Gasteiger partial charge is 0.422 e. The number of primary amides is 1. The molecule has 3 rings (SSSR count). The number of esters is 1. The van der Waals surface area contributed by atoms with Gasteiger partial charge < -0.3 is 20.3 Å². The van der Waals surface area contributed by atoms with Crippen LogP contribution < -0.4 is 10.5 Å². The van der Waals surface area contributed by atoms with E-state index in [2.05, 4.69) is 14.7 Å². The molecule has 0 aliphatic heterocycles. The molecular weight excluding hydrogens is 498 g/mol. The van der Waals surface area contributed by atoms with Crippen LogP contribution in [0.4, 0.5) is 28.0 Å². The molecule has 0 saturated carbocycles. The number of carbonyl (C=O) groups excluding carboxylic acids is 2. The number of alkyl halides is 3. The Hall–Kier alpha value is -4.06. The number of pyridine rings is 1. The minimum absolute atomic E-state index is 0.0173. The van der Waals surface area contributed by atoms with Gasteiger partial charge in [0.05, 0.1) is 18.3 Å². The summed E-state index contributed by atoms with van der Waals surface area (Å²) in [5.41, 5.74) is 0.0601. The van der Waals surface area contributed by atoms with Crippen molar-refractivity contribution in [2.75, 3.05) is 7.11 Å². The highest BCUT2D eigenvalue weighted by atomic mass is 19.4. The van der Waals surface area contributed by atoms with Gasteiger partial charge in [0.15, 0.2) is 5.60 Å². The van der Waals surface area contributed by atoms with Crippen molar-refractivity contribution >= 4 is 34.9 Å². The molecule has 0 bridgehead atoms. The van der Waals surface area contributed by atoms with Gasteiger partial charge in [-0.05, 0) is 54.3 Å². The number of nitrogens with zero attached hydrogens (tertiary/aromatic N) is 2. The number of hydrogen-bond acceptors (Lipinski definition) is 7. The Bertz CT molecular complexity index is 1370. The zero-order valence-corrected chi connectivity index (χ0v) is 20.0. The molecule has 1 heterocycles. The van der Waals surface area contributed by atoms with Gasteiger partial charge in [-0.15, -0.1) is 0 Å². The monoisotopic (exact) mass is 521 g/mol. The minimum Gasteiger partial charge on any atom is -0.496 e. The highest BCUT2D eigenvalue weighted by Crippen LogP contribution is 2.43. The molecule has 0 saturated heterocycles. The van der Waals surface area contributed by atoms with Crippen molar-refractivity contribution in [1.82, 2.24) is 4.98 Å². The van der Waals surface area contributed by atoms with Crippen LogP contribution in [-0.2, 0) is 10.2 Å². The summed E-state index contributed by atoms with van der Waals surface area (Å²) < 4.78 is 65.7. The predicted molar refractivity (Wildman–Crippen MR) is 126 cm³/mol. The standard InChI is InChI=1S/C25H23F4N3O5/c1-23(2,16-11-14(26)7-10-20(16)36-3)12-24(35,25(27,28)29)13-31-17-5-4-6-18-15(17)8-9-19(32-18)21(33)37-22(30)34/h4-11,13,35H,12H2,1-3H3,(H2,30,34). The number of halogens is 4. The second-order valence-electron chi connectivity index (χ2n) is 8.83. The summed E-state index contributed by atoms with van der Waals surface area (Å²) in [6.07, 6.45) is -6.98. The Morgan fingerprint density at radius 1 is 1.14 bits per heavy atom. The number of methoxy groups -OCH3 is 1. The van der Waals surface area contributed by atoms with Gasteiger partial charge in [-0.1, -0.05) is 19.9 Å². The van der Waals surface area contributed by atoms with Gasteiger partial charge >= 0.3 is 18.2 Å². The van der Waals surface area contributed by atoms with E-state index in [1.165, 1.54) is 57.4 Å². The van der Waals surface area contributed by atoms with Crippen LogP contribution in [0.2, 0.25) is 0 Å². The topological polar surface area (TPSA) is 124 Å². The summed E-state index contributed by atoms with van der Waals surface area (Å²) in [7, 11) is 1.30. The molecule has 0 aliphatic rings. The quantitative estimate of drug-likeness (QED) is 0.196. The zero-order chi connectivity index (χ0) is 27.6. The number of aliphatic hydroxyl groups is 1. The molecule has 2 aromatic carbocycles. The van der Waals surface area contributed by atoms with Gasteiger partial charge in [0.2, 0.25) is 0 Å². The molecule has 196 valence electrons. The first-order chi connectivity index (χ1) is 17.2. The molecule has 37 heavy (non-hydrogen) atoms. The second-order valence-corrected chi connectivity index (χ2v) is 8.83. The van der Waals surface area contributed by atoms with E-state index < -0.39 is 41.5 Å². The predicted octanol–water partition coefficient (Wildman–Crippen LogP) is 4.98. The fourth-order valence-corrected chi connectivity index (χ4v) is 3.88. The number of aromatic nitrogens is 1. The number of nitrogens with two attached hydrogens (primary N) is 1. The van der Waals surface area contributed by atoms with Crippen LogP contribution in [0, 0.1) is 5.82 Å². The fraction of sp³-hybridized carbons (Fsp3) is 0.280. The molecule has 1 aromatic heterocycles. The SMILES string of the molecule is COc1ccc(F)cc1C(C)(C)CC(O)(C=Nc1cccc2nc(C(=O)OC(N)=O)ccc12)C(F)(F)F. The van der Waals surface area contributed by atoms with Gasteiger partial charge in [-0.2, -0.15) is 13.2 Å². The van der Waals surface area contributed by atoms with Gasteiger partial charge in [0.25, 0.3) is 0 Å². The van der Waals surface area contributed by atoms with Crippen LogP contribution in [-0.4, -0.2) is 47.3 Å². The van der Waals surface area contributed by atoms with Crippen LogP contribution in [0.15, 0.2) is 53.5 Å². The van der Waals surface area contributed by atoms with Crippen LogP contribution in [0.1, 0.15) is 36.3 Å². The highest BCUT2D eigenvalue weighted by molar-refractivity contribution is 5.98. The summed E-state index contributed by atoms with van der Waals surface area (Å²) in [5.74, 6) is -1.61. The van der Waals surface area contributed by atoms with Gasteiger partial charge in [-0.3, -0.25) is 4.99 Å². The maximum Gasteiger partial charge on any atom is 0.422 e. The van der Waals surface area contributed by atoms with Crippen LogP contribution in [0.25, 0.3) is 10.9 Å². The number of hydrogen-bond donors (Lipinski definition) is 2. The number of fused-ring (bicyclic) bond motifs is 1. The van der Waals surface area contributed by atoms with Gasteiger partial charge in [-0.25, -0.2) is 19.0 Å². The Morgan fingerprint density at radius 3 is 2.46 bits per heavy atom. The largest absolute Gasteiger partial charge is 0.496 e. The van der Waals surface area contributed by atoms with Crippen molar-refractivity contribution in [3.05, 3.63) is 65.6 Å². The lowest BCUT2D eigenvalue weighted by Crippen LogP contribution is -2.50. The van der Waals surface area contributed by atoms with E-state index in [1.807, 2.05) is 0 Å². The molecule has 12 heteroatoms. The lowest BCUT2D eigenvalue weighted by atomic mass is 9.74. The highest BCUT2D eigenvalue weighted by Gasteiger charge is 2.55. The number of carbonyl (C=O) groups is 2. The van der Waals surface area contributed by atoms with Crippen molar-refractivity contribution in [3.63, 3.8) is 0 Å². The molecule has 0 spiro atoms. The van der Waals surface area contributed by atoms with Crippen molar-refractivity contribution in [2.45, 2.75) is 37.5 Å². The third-order valence-corrected chi connectivity index (χ3v) is 5.62. The third-order valence-electron chi connectivity index (χ3n) is 5.62. The number of benzene rings is 2. The van der Waals surface area contributed by atoms with E-state index in [1.54, 1.807) is 0 Å². The summed E-state index contributed by atoms with van der Waals surface area (Å²) in [6, 6.07) is 10.3. The average molecular weight is 521 g/mol. The van der Waals surface area contributed by atoms with E-state index in [0.29, 0.717) is 6.21 Å². The van der Waals surface area contributed by atoms with Crippen molar-refractivity contribution in [1.29, 1.82) is 0 Å². The van der Waals surface area contributed by atoms with Crippen LogP contribution in [0.5, 0.6) is 5.75 Å². The van der Waals surface area contributed by atoms with E-state index in [-0.39, 0.29) is 33.6 Å². The second kappa shape index (κ2) is 10.1. The lowest BCUT2D eigenvalue weighted by Gasteiger charge is -2.36. The molecule has 1 unspecified atom stereocenters. The lowest BCUT2D eigenvalue weighted by molar-refractivity contribution is -0.234. The number of rotatable bonds is 7. The third kappa shape index (κ3) is 6.02. The molecule has 3 N–H and O–H groups in total. The molecule has 0 radical (unpaired) electrons. The van der Waals surface area contributed by atoms with Crippen molar-refractivity contribution < 1.29 is 41.7 Å². The Balaban J connectivity index is 2.01. The first kappa shape index (κ1) is 27.5. The number of amides is 1. The first-order valence-corrected chi connectivity index (χ1v) is 10.8. The maximum atomic E-state index is 14.1. The minimum atomic E-state index is -5.14. The molecule has 0 aliphatic carbocycles. The molecule has 0 fully saturated rings. The van der Waals surface area contributed by atoms with E-state index in [0.717, 1.165) is 12.1 Å². The number of ether oxygens (including phenoxy) is 2. The van der Waals surface area contributed by atoms with Gasteiger partial charge in [0.1, 0.15) is 17.3 Å². The molecular formula is C25H23F4N3O5. The maximum absolute atomic E-state index is 14.1. The summed E-state index contributed by atoms with van der Waals surface area (Å²) >= 11 is 0. The number of aliphatic imine (C=N–C) groups is 1. The first-order valence-electron chi connectivity index (χ1n) is 10.8. The van der Waals surface area contributed by atoms with E-state index in [9.17, 15) is 32.3 Å². The summed E-state index contributed by atoms with van der Waals surface area (Å²) in [4.78, 5) is 30.6. The molecule has 1 atom stereocenters. The van der Waals surface area contributed by atoms with E-state index >= 15 is 0 Å². The fourth-order valence-electron chi connectivity index (χ4n) is 3.88. The molecule has 3 aromatic rings. The Kier molecular flexibility index (Phi) is 7.54. The average Bonchev–Trinajstić information content (AvgIpc) is 2.81. The zero-order valence-electron chi connectivity index (χ0n) is 20.0. The van der Waals surface area contributed by atoms with Gasteiger partial charge in [0, 0.05) is 17.2 Å². The Labute approximate surface area is 208 Å². The Morgan fingerprint density at radius 2 is 1.84 bits per heavy atom. The summed E-state index contributed by atoms with van der Waals surface area (Å²) in [6.45, 7) is 2.84. The van der Waals surface area contributed by atoms with Crippen LogP contribution in [0.3, 0.4) is 0 Å². The molecule has 8 nitrogen and oxygen atoms in total.